The maximum atomic E-state index is 12.5. The van der Waals surface area contributed by atoms with Gasteiger partial charge in [-0.2, -0.15) is 15.0 Å². The van der Waals surface area contributed by atoms with Crippen LogP contribution in [0.15, 0.2) is 0 Å². The molecule has 3 saturated heterocycles. The molecule has 0 atom stereocenters. The van der Waals surface area contributed by atoms with Gasteiger partial charge in [-0.05, 0) is 57.9 Å². The molecule has 1 aromatic heterocycles. The van der Waals surface area contributed by atoms with E-state index in [1.807, 2.05) is 0 Å². The van der Waals surface area contributed by atoms with E-state index in [-0.39, 0.29) is 42.8 Å². The molecular formula is C27H49N11O2. The van der Waals surface area contributed by atoms with Crippen LogP contribution >= 0.6 is 0 Å². The third-order valence-electron chi connectivity index (χ3n) is 8.17. The number of anilines is 3. The Balaban J connectivity index is 1.28. The lowest BCUT2D eigenvalue weighted by molar-refractivity contribution is -0.126. The van der Waals surface area contributed by atoms with Crippen LogP contribution in [0.5, 0.6) is 0 Å². The first-order valence-electron chi connectivity index (χ1n) is 15.2. The van der Waals surface area contributed by atoms with E-state index in [2.05, 4.69) is 25.3 Å². The second kappa shape index (κ2) is 15.3. The van der Waals surface area contributed by atoms with E-state index in [0.717, 1.165) is 109 Å². The van der Waals surface area contributed by atoms with E-state index in [9.17, 15) is 9.59 Å². The maximum absolute atomic E-state index is 12.5. The third kappa shape index (κ3) is 9.13. The molecule has 0 saturated carbocycles. The molecule has 0 radical (unpaired) electrons. The predicted molar refractivity (Wildman–Crippen MR) is 157 cm³/mol. The molecule has 4 heterocycles. The molecule has 0 aliphatic carbocycles. The van der Waals surface area contributed by atoms with E-state index in [0.29, 0.717) is 19.0 Å². The Hall–Kier alpha value is -2.77. The summed E-state index contributed by atoms with van der Waals surface area (Å²) in [6, 6.07) is 0.544. The van der Waals surface area contributed by atoms with Gasteiger partial charge in [-0.1, -0.05) is 6.42 Å². The zero-order chi connectivity index (χ0) is 28.3. The van der Waals surface area contributed by atoms with Crippen molar-refractivity contribution < 1.29 is 9.59 Å². The van der Waals surface area contributed by atoms with E-state index in [1.54, 1.807) is 0 Å². The minimum atomic E-state index is -0.0782. The summed E-state index contributed by atoms with van der Waals surface area (Å²) in [5.74, 6) is 1.97. The summed E-state index contributed by atoms with van der Waals surface area (Å²) in [4.78, 5) is 45.8. The largest absolute Gasteiger partial charge is 0.356 e. The molecule has 40 heavy (non-hydrogen) atoms. The molecule has 8 N–H and O–H groups in total. The lowest BCUT2D eigenvalue weighted by Crippen LogP contribution is -2.46. The molecule has 0 bridgehead atoms. The molecule has 1 aromatic rings. The Morgan fingerprint density at radius 3 is 1.60 bits per heavy atom. The highest BCUT2D eigenvalue weighted by molar-refractivity contribution is 5.83. The van der Waals surface area contributed by atoms with Gasteiger partial charge in [0.1, 0.15) is 0 Å². The van der Waals surface area contributed by atoms with Gasteiger partial charge >= 0.3 is 0 Å². The van der Waals surface area contributed by atoms with Gasteiger partial charge in [0.25, 0.3) is 0 Å². The molecule has 4 rings (SSSR count). The number of nitrogens with zero attached hydrogens (tertiary/aromatic N) is 6. The first-order chi connectivity index (χ1) is 19.4. The summed E-state index contributed by atoms with van der Waals surface area (Å²) in [6.07, 6.45) is 8.60. The van der Waals surface area contributed by atoms with E-state index < -0.39 is 0 Å². The number of piperidine rings is 3. The van der Waals surface area contributed by atoms with E-state index in [4.69, 9.17) is 32.2 Å². The fourth-order valence-corrected chi connectivity index (χ4v) is 5.48. The maximum Gasteiger partial charge on any atom is 0.231 e. The first kappa shape index (κ1) is 30.2. The van der Waals surface area contributed by atoms with Crippen molar-refractivity contribution in [1.82, 2.24) is 25.6 Å². The van der Waals surface area contributed by atoms with Gasteiger partial charge in [0, 0.05) is 76.8 Å². The minimum Gasteiger partial charge on any atom is -0.356 e. The predicted octanol–water partition coefficient (Wildman–Crippen LogP) is -0.163. The zero-order valence-electron chi connectivity index (χ0n) is 23.9. The zero-order valence-corrected chi connectivity index (χ0v) is 23.9. The highest BCUT2D eigenvalue weighted by Gasteiger charge is 2.27. The van der Waals surface area contributed by atoms with Crippen LogP contribution in [0, 0.1) is 0 Å². The Morgan fingerprint density at radius 2 is 1.12 bits per heavy atom. The van der Waals surface area contributed by atoms with Gasteiger partial charge in [0.2, 0.25) is 29.7 Å². The molecule has 3 aliphatic rings. The summed E-state index contributed by atoms with van der Waals surface area (Å²) in [7, 11) is 0. The highest BCUT2D eigenvalue weighted by atomic mass is 16.2. The lowest BCUT2D eigenvalue weighted by atomic mass is 10.0. The number of carbonyl (C=O) groups excluding carboxylic acids is 2. The fraction of sp³-hybridized carbons (Fsp3) is 0.815. The Labute approximate surface area is 238 Å². The van der Waals surface area contributed by atoms with Crippen LogP contribution in [0.1, 0.15) is 70.6 Å². The van der Waals surface area contributed by atoms with Crippen LogP contribution in [0.4, 0.5) is 17.8 Å². The smallest absolute Gasteiger partial charge is 0.231 e. The Morgan fingerprint density at radius 1 is 0.675 bits per heavy atom. The first-order valence-corrected chi connectivity index (χ1v) is 15.2. The molecular weight excluding hydrogens is 510 g/mol. The van der Waals surface area contributed by atoms with Crippen molar-refractivity contribution in [2.45, 2.75) is 88.8 Å². The second-order valence-electron chi connectivity index (χ2n) is 11.4. The van der Waals surface area contributed by atoms with Gasteiger partial charge < -0.3 is 42.5 Å². The third-order valence-corrected chi connectivity index (χ3v) is 8.17. The Kier molecular flexibility index (Phi) is 11.5. The number of nitrogens with two attached hydrogens (primary N) is 3. The van der Waals surface area contributed by atoms with Crippen molar-refractivity contribution in [1.29, 1.82) is 0 Å². The van der Waals surface area contributed by atoms with Gasteiger partial charge in [0.15, 0.2) is 0 Å². The topological polar surface area (TPSA) is 185 Å². The van der Waals surface area contributed by atoms with Crippen LogP contribution in [-0.4, -0.2) is 97.2 Å². The number of rotatable bonds is 12. The van der Waals surface area contributed by atoms with Gasteiger partial charge in [-0.3, -0.25) is 9.59 Å². The normalized spacial score (nSPS) is 19.6. The molecule has 0 spiro atoms. The molecule has 3 aliphatic heterocycles. The molecule has 224 valence electrons. The highest BCUT2D eigenvalue weighted by Crippen LogP contribution is 2.25. The number of aromatic nitrogens is 3. The summed E-state index contributed by atoms with van der Waals surface area (Å²) >= 11 is 0. The summed E-state index contributed by atoms with van der Waals surface area (Å²) in [6.45, 7) is 6.16. The van der Waals surface area contributed by atoms with Crippen LogP contribution in [-0.2, 0) is 9.59 Å². The number of hydrogen-bond acceptors (Lipinski definition) is 11. The Bertz CT molecular complexity index is 900. The second-order valence-corrected chi connectivity index (χ2v) is 11.4. The minimum absolute atomic E-state index is 0.0759. The fourth-order valence-electron chi connectivity index (χ4n) is 5.48. The van der Waals surface area contributed by atoms with E-state index >= 15 is 0 Å². The van der Waals surface area contributed by atoms with Crippen molar-refractivity contribution in [3.8, 4) is 0 Å². The average molecular weight is 560 g/mol. The molecule has 2 amide bonds. The number of hydrogen-bond donors (Lipinski definition) is 5. The molecule has 13 heteroatoms. The molecule has 0 aromatic carbocycles. The summed E-state index contributed by atoms with van der Waals surface area (Å²) in [5.41, 5.74) is 17.8. The SMILES string of the molecule is NCCCCCNC(=O)CCC(=O)NC1CCN(c2nc(N3CCC(N)CC3)nc(N3CCC(N)CC3)n2)CC1. The number of unbranched alkanes of at least 4 members (excludes halogenated alkanes) is 2. The lowest BCUT2D eigenvalue weighted by Gasteiger charge is -2.35. The van der Waals surface area contributed by atoms with Gasteiger partial charge in [0.05, 0.1) is 0 Å². The van der Waals surface area contributed by atoms with E-state index in [1.165, 1.54) is 0 Å². The number of nitrogens with one attached hydrogen (secondary N) is 2. The number of amides is 2. The van der Waals surface area contributed by atoms with Crippen LogP contribution in [0.3, 0.4) is 0 Å². The summed E-state index contributed by atoms with van der Waals surface area (Å²) < 4.78 is 0. The molecule has 3 fully saturated rings. The standard InChI is InChI=1S/C27H49N11O2/c28-12-2-1-3-13-31-23(39)4-5-24(40)32-22-10-18-38(19-11-22)27-34-25(36-14-6-20(29)7-15-36)33-26(35-27)37-16-8-21(30)9-17-37/h20-22H,1-19,28-30H2,(H,31,39)(H,32,40). The quantitative estimate of drug-likeness (QED) is 0.214. The van der Waals surface area contributed by atoms with Crippen molar-refractivity contribution >= 4 is 29.7 Å². The van der Waals surface area contributed by atoms with Crippen LogP contribution < -0.4 is 42.5 Å². The van der Waals surface area contributed by atoms with Crippen molar-refractivity contribution in [3.63, 3.8) is 0 Å². The van der Waals surface area contributed by atoms with Gasteiger partial charge in [-0.25, -0.2) is 0 Å². The van der Waals surface area contributed by atoms with Crippen molar-refractivity contribution in [2.24, 2.45) is 17.2 Å². The van der Waals surface area contributed by atoms with Crippen LogP contribution in [0.2, 0.25) is 0 Å². The average Bonchev–Trinajstić information content (AvgIpc) is 2.97. The molecule has 0 unspecified atom stereocenters. The van der Waals surface area contributed by atoms with Crippen molar-refractivity contribution in [2.75, 3.05) is 67.1 Å². The van der Waals surface area contributed by atoms with Crippen molar-refractivity contribution in [3.05, 3.63) is 0 Å². The number of carbonyl (C=O) groups is 2. The monoisotopic (exact) mass is 559 g/mol. The molecule has 13 nitrogen and oxygen atoms in total. The summed E-state index contributed by atoms with van der Waals surface area (Å²) in [5, 5.41) is 5.99. The van der Waals surface area contributed by atoms with Gasteiger partial charge in [-0.15, -0.1) is 0 Å². The van der Waals surface area contributed by atoms with Crippen LogP contribution in [0.25, 0.3) is 0 Å².